The van der Waals surface area contributed by atoms with Crippen molar-refractivity contribution in [2.75, 3.05) is 4.90 Å². The first-order valence-corrected chi connectivity index (χ1v) is 19.1. The molecule has 0 saturated heterocycles. The van der Waals surface area contributed by atoms with Crippen LogP contribution >= 0.6 is 0 Å². The summed E-state index contributed by atoms with van der Waals surface area (Å²) >= 11 is 0. The summed E-state index contributed by atoms with van der Waals surface area (Å²) in [4.78, 5) is 2.23. The highest BCUT2D eigenvalue weighted by Gasteiger charge is 2.39. The first kappa shape index (κ1) is 32.0. The number of rotatable bonds is 3. The van der Waals surface area contributed by atoms with Crippen molar-refractivity contribution in [3.05, 3.63) is 174 Å². The molecule has 0 radical (unpaired) electrons. The molecule has 3 aromatic heterocycles. The zero-order valence-electron chi connectivity index (χ0n) is 30.6. The Morgan fingerprint density at radius 3 is 1.95 bits per heavy atom. The van der Waals surface area contributed by atoms with Gasteiger partial charge in [0.25, 0.3) is 0 Å². The Kier molecular flexibility index (Phi) is 6.53. The van der Waals surface area contributed by atoms with Crippen LogP contribution in [0.4, 0.5) is 11.4 Å². The largest absolute Gasteiger partial charge is 0.456 e. The fourth-order valence-electron chi connectivity index (χ4n) is 9.47. The van der Waals surface area contributed by atoms with Gasteiger partial charge in [0.1, 0.15) is 28.4 Å². The monoisotopic (exact) mass is 741 g/mol. The van der Waals surface area contributed by atoms with Crippen molar-refractivity contribution in [1.82, 2.24) is 4.57 Å². The maximum absolute atomic E-state index is 10.7. The van der Waals surface area contributed by atoms with E-state index < -0.39 is 0 Å². The van der Waals surface area contributed by atoms with Gasteiger partial charge in [0.15, 0.2) is 0 Å². The molecule has 4 heterocycles. The molecule has 58 heavy (non-hydrogen) atoms. The average Bonchev–Trinajstić information content (AvgIpc) is 4.01. The quantitative estimate of drug-likeness (QED) is 0.178. The van der Waals surface area contributed by atoms with Crippen LogP contribution in [0.15, 0.2) is 161 Å². The molecule has 2 unspecified atom stereocenters. The zero-order chi connectivity index (χ0) is 38.6. The molecule has 0 fully saturated rings. The van der Waals surface area contributed by atoms with E-state index in [0.717, 1.165) is 82.6 Å². The Bertz CT molecular complexity index is 3650. The molecule has 7 nitrogen and oxygen atoms in total. The van der Waals surface area contributed by atoms with Crippen LogP contribution in [0.5, 0.6) is 0 Å². The second-order valence-corrected chi connectivity index (χ2v) is 15.0. The molecule has 2 aliphatic rings. The SMILES string of the molecule is N#Cc1cc(-c2cc(N3c4cc5c(cc4C4C=CC=CC43)oc3ccccc35)c(C#N)cc2C#N)cc(-n2c3ccccc3c3cc4oc5ccccc5c4cc32)c1. The molecule has 1 aliphatic carbocycles. The van der Waals surface area contributed by atoms with Crippen LogP contribution in [0.3, 0.4) is 0 Å². The number of furan rings is 2. The van der Waals surface area contributed by atoms with Crippen molar-refractivity contribution in [3.63, 3.8) is 0 Å². The lowest BCUT2D eigenvalue weighted by atomic mass is 9.90. The number of fused-ring (bicyclic) bond motifs is 12. The van der Waals surface area contributed by atoms with Gasteiger partial charge < -0.3 is 18.3 Å². The van der Waals surface area contributed by atoms with Gasteiger partial charge in [-0.15, -0.1) is 0 Å². The van der Waals surface area contributed by atoms with Gasteiger partial charge in [-0.25, -0.2) is 0 Å². The molecule has 0 N–H and O–H groups in total. The Morgan fingerprint density at radius 2 is 1.19 bits per heavy atom. The molecule has 2 atom stereocenters. The molecule has 0 spiro atoms. The van der Waals surface area contributed by atoms with E-state index in [1.54, 1.807) is 6.07 Å². The molecule has 7 heteroatoms. The van der Waals surface area contributed by atoms with Gasteiger partial charge in [0.05, 0.1) is 51.6 Å². The first-order valence-electron chi connectivity index (χ1n) is 19.1. The number of hydrogen-bond acceptors (Lipinski definition) is 6. The second-order valence-electron chi connectivity index (χ2n) is 15.0. The molecule has 7 aromatic carbocycles. The van der Waals surface area contributed by atoms with Gasteiger partial charge in [0, 0.05) is 55.2 Å². The Balaban J connectivity index is 1.09. The van der Waals surface area contributed by atoms with E-state index in [2.05, 4.69) is 94.4 Å². The highest BCUT2D eigenvalue weighted by atomic mass is 16.3. The Morgan fingerprint density at radius 1 is 0.500 bits per heavy atom. The highest BCUT2D eigenvalue weighted by molar-refractivity contribution is 6.17. The molecule has 10 aromatic rings. The van der Waals surface area contributed by atoms with Crippen molar-refractivity contribution in [1.29, 1.82) is 15.8 Å². The smallest absolute Gasteiger partial charge is 0.136 e. The number of allylic oxidation sites excluding steroid dienone is 2. The fourth-order valence-corrected chi connectivity index (χ4v) is 9.47. The average molecular weight is 742 g/mol. The van der Waals surface area contributed by atoms with Crippen molar-refractivity contribution in [3.8, 4) is 35.0 Å². The maximum Gasteiger partial charge on any atom is 0.136 e. The fraction of sp³-hybridized carbons (Fsp3) is 0.0392. The van der Waals surface area contributed by atoms with Gasteiger partial charge >= 0.3 is 0 Å². The number of hydrogen-bond donors (Lipinski definition) is 0. The van der Waals surface area contributed by atoms with E-state index in [9.17, 15) is 15.8 Å². The molecule has 0 amide bonds. The summed E-state index contributed by atoms with van der Waals surface area (Å²) in [5.41, 5.74) is 11.3. The van der Waals surface area contributed by atoms with E-state index >= 15 is 0 Å². The molecule has 1 aliphatic heterocycles. The van der Waals surface area contributed by atoms with Gasteiger partial charge in [-0.1, -0.05) is 78.9 Å². The standard InChI is InChI=1S/C51H27N5O2/c52-26-29-17-30(20-33(18-29)55-43-13-5-1-9-34(43)39-24-50-41(22-46(39)55)36-11-3-7-15-48(36)57-50)38-21-45(32(28-54)19-31(38)27-53)56-44-14-6-2-10-35(44)40-25-51-42(23-47(40)56)37-12-4-8-16-49(37)58-51/h1-25,35,44H. The van der Waals surface area contributed by atoms with Crippen LogP contribution in [0.2, 0.25) is 0 Å². The summed E-state index contributed by atoms with van der Waals surface area (Å²) < 4.78 is 14.8. The second kappa shape index (κ2) is 11.8. The number of benzene rings is 7. The summed E-state index contributed by atoms with van der Waals surface area (Å²) in [6.07, 6.45) is 8.48. The number of aromatic nitrogens is 1. The Hall–Kier alpha value is -8.31. The molecule has 0 saturated carbocycles. The van der Waals surface area contributed by atoms with Gasteiger partial charge in [0.2, 0.25) is 0 Å². The number of nitriles is 3. The lowest BCUT2D eigenvalue weighted by Crippen LogP contribution is -2.29. The maximum atomic E-state index is 10.7. The van der Waals surface area contributed by atoms with Gasteiger partial charge in [-0.2, -0.15) is 15.8 Å². The lowest BCUT2D eigenvalue weighted by Gasteiger charge is -2.30. The summed E-state index contributed by atoms with van der Waals surface area (Å²) in [5.74, 6) is 0.0193. The number of nitrogens with zero attached hydrogens (tertiary/aromatic N) is 5. The highest BCUT2D eigenvalue weighted by Crippen LogP contribution is 2.52. The summed E-state index contributed by atoms with van der Waals surface area (Å²) in [5, 5.41) is 38.0. The molecular weight excluding hydrogens is 715 g/mol. The predicted molar refractivity (Wildman–Crippen MR) is 228 cm³/mol. The zero-order valence-corrected chi connectivity index (χ0v) is 30.6. The van der Waals surface area contributed by atoms with Gasteiger partial charge in [-0.3, -0.25) is 0 Å². The van der Waals surface area contributed by atoms with Crippen molar-refractivity contribution < 1.29 is 8.83 Å². The van der Waals surface area contributed by atoms with E-state index in [1.165, 1.54) is 0 Å². The topological polar surface area (TPSA) is 106 Å². The lowest BCUT2D eigenvalue weighted by molar-refractivity contribution is 0.667. The minimum absolute atomic E-state index is 0.0193. The van der Waals surface area contributed by atoms with E-state index in [-0.39, 0.29) is 12.0 Å². The summed E-state index contributed by atoms with van der Waals surface area (Å²) in [6, 6.07) is 49.4. The predicted octanol–water partition coefficient (Wildman–Crippen LogP) is 12.6. The van der Waals surface area contributed by atoms with Crippen molar-refractivity contribution in [2.45, 2.75) is 12.0 Å². The third-order valence-corrected chi connectivity index (χ3v) is 12.0. The summed E-state index contributed by atoms with van der Waals surface area (Å²) in [6.45, 7) is 0. The number of para-hydroxylation sites is 3. The number of anilines is 2. The third-order valence-electron chi connectivity index (χ3n) is 12.0. The van der Waals surface area contributed by atoms with Crippen LogP contribution in [-0.4, -0.2) is 10.6 Å². The third kappa shape index (κ3) is 4.40. The molecule has 12 rings (SSSR count). The van der Waals surface area contributed by atoms with Crippen LogP contribution in [0.1, 0.15) is 28.2 Å². The first-order chi connectivity index (χ1) is 28.6. The van der Waals surface area contributed by atoms with Crippen molar-refractivity contribution >= 4 is 77.1 Å². The van der Waals surface area contributed by atoms with E-state index in [0.29, 0.717) is 33.5 Å². The van der Waals surface area contributed by atoms with Crippen LogP contribution in [0.25, 0.3) is 82.5 Å². The van der Waals surface area contributed by atoms with Crippen LogP contribution in [-0.2, 0) is 0 Å². The normalized spacial score (nSPS) is 15.7. The van der Waals surface area contributed by atoms with Crippen LogP contribution in [0, 0.1) is 34.0 Å². The Labute approximate surface area is 331 Å². The van der Waals surface area contributed by atoms with Gasteiger partial charge in [-0.05, 0) is 83.9 Å². The molecule has 0 bridgehead atoms. The minimum Gasteiger partial charge on any atom is -0.456 e. The minimum atomic E-state index is -0.111. The van der Waals surface area contributed by atoms with E-state index in [4.69, 9.17) is 8.83 Å². The molecular formula is C51H27N5O2. The summed E-state index contributed by atoms with van der Waals surface area (Å²) in [7, 11) is 0. The molecule has 268 valence electrons. The van der Waals surface area contributed by atoms with Crippen molar-refractivity contribution in [2.24, 2.45) is 0 Å². The van der Waals surface area contributed by atoms with E-state index in [1.807, 2.05) is 78.9 Å². The van der Waals surface area contributed by atoms with Crippen LogP contribution < -0.4 is 4.90 Å².